The van der Waals surface area contributed by atoms with Gasteiger partial charge in [0.1, 0.15) is 12.0 Å². The normalized spacial score (nSPS) is 21.8. The van der Waals surface area contributed by atoms with Crippen molar-refractivity contribution in [2.75, 3.05) is 13.2 Å². The number of rotatable bonds is 5. The third-order valence-electron chi connectivity index (χ3n) is 2.79. The predicted molar refractivity (Wildman–Crippen MR) is 66.8 cm³/mol. The van der Waals surface area contributed by atoms with Crippen LogP contribution in [0.4, 0.5) is 0 Å². The molecule has 0 aromatic heterocycles. The van der Waals surface area contributed by atoms with Crippen molar-refractivity contribution in [1.82, 2.24) is 0 Å². The summed E-state index contributed by atoms with van der Waals surface area (Å²) < 4.78 is 16.7. The Morgan fingerprint density at radius 3 is 2.67 bits per heavy atom. The molecule has 1 saturated heterocycles. The first-order chi connectivity index (χ1) is 8.59. The first-order valence-electron chi connectivity index (χ1n) is 6.09. The van der Waals surface area contributed by atoms with Crippen molar-refractivity contribution in [3.63, 3.8) is 0 Å². The molecule has 0 amide bonds. The maximum Gasteiger partial charge on any atom is 0.163 e. The zero-order valence-electron chi connectivity index (χ0n) is 10.7. The van der Waals surface area contributed by atoms with Crippen molar-refractivity contribution in [2.24, 2.45) is 0 Å². The van der Waals surface area contributed by atoms with Gasteiger partial charge in [-0.05, 0) is 38.1 Å². The van der Waals surface area contributed by atoms with E-state index in [4.69, 9.17) is 14.2 Å². The van der Waals surface area contributed by atoms with E-state index in [0.29, 0.717) is 18.8 Å². The van der Waals surface area contributed by atoms with E-state index in [1.165, 1.54) is 0 Å². The minimum Gasteiger partial charge on any atom is -0.493 e. The van der Waals surface area contributed by atoms with E-state index in [-0.39, 0.29) is 6.10 Å². The van der Waals surface area contributed by atoms with Crippen LogP contribution in [0.2, 0.25) is 0 Å². The van der Waals surface area contributed by atoms with Crippen LogP contribution in [0, 0.1) is 0 Å². The fourth-order valence-electron chi connectivity index (χ4n) is 1.86. The Morgan fingerprint density at radius 2 is 2.11 bits per heavy atom. The van der Waals surface area contributed by atoms with Gasteiger partial charge in [-0.1, -0.05) is 0 Å². The number of hydrogen-bond donors (Lipinski definition) is 0. The third kappa shape index (κ3) is 3.55. The molecule has 0 spiro atoms. The van der Waals surface area contributed by atoms with Gasteiger partial charge in [0.05, 0.1) is 19.3 Å². The van der Waals surface area contributed by atoms with E-state index in [1.807, 2.05) is 13.8 Å². The minimum absolute atomic E-state index is 0.0919. The molecule has 4 heteroatoms. The molecule has 2 rings (SSSR count). The average molecular weight is 250 g/mol. The molecule has 1 fully saturated rings. The monoisotopic (exact) mass is 250 g/mol. The van der Waals surface area contributed by atoms with Crippen molar-refractivity contribution in [3.8, 4) is 5.75 Å². The Hall–Kier alpha value is -1.39. The molecule has 1 heterocycles. The van der Waals surface area contributed by atoms with Gasteiger partial charge in [0, 0.05) is 12.0 Å². The molecule has 1 aliphatic heterocycles. The minimum atomic E-state index is -0.476. The number of ether oxygens (including phenoxy) is 3. The summed E-state index contributed by atoms with van der Waals surface area (Å²) in [6, 6.07) is 7.06. The second-order valence-electron chi connectivity index (χ2n) is 4.77. The lowest BCUT2D eigenvalue weighted by atomic mass is 10.2. The van der Waals surface area contributed by atoms with Crippen LogP contribution in [0.15, 0.2) is 24.3 Å². The summed E-state index contributed by atoms with van der Waals surface area (Å²) in [6.45, 7) is 5.00. The second-order valence-corrected chi connectivity index (χ2v) is 4.77. The number of aldehydes is 1. The summed E-state index contributed by atoms with van der Waals surface area (Å²) in [7, 11) is 0. The van der Waals surface area contributed by atoms with Crippen LogP contribution in [0.25, 0.3) is 0 Å². The fourth-order valence-corrected chi connectivity index (χ4v) is 1.86. The highest BCUT2D eigenvalue weighted by molar-refractivity contribution is 5.74. The zero-order valence-corrected chi connectivity index (χ0v) is 10.7. The molecule has 1 unspecified atom stereocenters. The van der Waals surface area contributed by atoms with Gasteiger partial charge in [0.25, 0.3) is 0 Å². The smallest absolute Gasteiger partial charge is 0.163 e. The molecule has 1 aromatic carbocycles. The molecule has 4 nitrogen and oxygen atoms in total. The van der Waals surface area contributed by atoms with Crippen molar-refractivity contribution >= 4 is 6.29 Å². The summed E-state index contributed by atoms with van der Waals surface area (Å²) in [6.07, 6.45) is 1.70. The molecule has 0 aliphatic carbocycles. The Kier molecular flexibility index (Phi) is 3.99. The van der Waals surface area contributed by atoms with Crippen molar-refractivity contribution in [2.45, 2.75) is 32.2 Å². The maximum absolute atomic E-state index is 10.5. The van der Waals surface area contributed by atoms with E-state index >= 15 is 0 Å². The molecule has 18 heavy (non-hydrogen) atoms. The topological polar surface area (TPSA) is 44.8 Å². The van der Waals surface area contributed by atoms with E-state index < -0.39 is 5.79 Å². The van der Waals surface area contributed by atoms with Crippen LogP contribution in [0.3, 0.4) is 0 Å². The summed E-state index contributed by atoms with van der Waals surface area (Å²) in [5, 5.41) is 0. The molecule has 1 aliphatic rings. The first kappa shape index (κ1) is 13.1. The van der Waals surface area contributed by atoms with Crippen LogP contribution in [0.1, 0.15) is 30.6 Å². The lowest BCUT2D eigenvalue weighted by Gasteiger charge is -2.17. The van der Waals surface area contributed by atoms with Gasteiger partial charge < -0.3 is 14.2 Å². The Balaban J connectivity index is 1.73. The van der Waals surface area contributed by atoms with E-state index in [9.17, 15) is 4.79 Å². The highest BCUT2D eigenvalue weighted by Crippen LogP contribution is 2.24. The van der Waals surface area contributed by atoms with Gasteiger partial charge in [-0.3, -0.25) is 4.79 Å². The third-order valence-corrected chi connectivity index (χ3v) is 2.79. The van der Waals surface area contributed by atoms with E-state index in [0.717, 1.165) is 18.5 Å². The van der Waals surface area contributed by atoms with Crippen LogP contribution >= 0.6 is 0 Å². The lowest BCUT2D eigenvalue weighted by molar-refractivity contribution is -0.139. The molecule has 0 bridgehead atoms. The molecule has 0 radical (unpaired) electrons. The number of hydrogen-bond acceptors (Lipinski definition) is 4. The van der Waals surface area contributed by atoms with Crippen LogP contribution in [-0.4, -0.2) is 31.4 Å². The lowest BCUT2D eigenvalue weighted by Crippen LogP contribution is -2.22. The highest BCUT2D eigenvalue weighted by Gasteiger charge is 2.32. The summed E-state index contributed by atoms with van der Waals surface area (Å²) in [5.41, 5.74) is 0.650. The summed E-state index contributed by atoms with van der Waals surface area (Å²) in [5.74, 6) is 0.287. The maximum atomic E-state index is 10.5. The average Bonchev–Trinajstić information content (AvgIpc) is 2.70. The van der Waals surface area contributed by atoms with Crippen molar-refractivity contribution in [3.05, 3.63) is 29.8 Å². The summed E-state index contributed by atoms with van der Waals surface area (Å²) in [4.78, 5) is 10.5. The second kappa shape index (κ2) is 5.50. The Labute approximate surface area is 107 Å². The van der Waals surface area contributed by atoms with Gasteiger partial charge >= 0.3 is 0 Å². The Morgan fingerprint density at radius 1 is 1.39 bits per heavy atom. The molecule has 1 aromatic rings. The van der Waals surface area contributed by atoms with E-state index in [2.05, 4.69) is 0 Å². The van der Waals surface area contributed by atoms with Crippen LogP contribution in [-0.2, 0) is 9.47 Å². The van der Waals surface area contributed by atoms with E-state index in [1.54, 1.807) is 24.3 Å². The molecule has 0 N–H and O–H groups in total. The SMILES string of the molecule is CC1(C)OCC(CCOc2ccc(C=O)cc2)O1. The molecule has 98 valence electrons. The molecule has 0 saturated carbocycles. The van der Waals surface area contributed by atoms with Crippen molar-refractivity contribution < 1.29 is 19.0 Å². The van der Waals surface area contributed by atoms with Crippen LogP contribution in [0.5, 0.6) is 5.75 Å². The summed E-state index contributed by atoms with van der Waals surface area (Å²) >= 11 is 0. The molecular formula is C14H18O4. The van der Waals surface area contributed by atoms with Gasteiger partial charge in [0.15, 0.2) is 5.79 Å². The largest absolute Gasteiger partial charge is 0.493 e. The van der Waals surface area contributed by atoms with Gasteiger partial charge in [-0.15, -0.1) is 0 Å². The quantitative estimate of drug-likeness (QED) is 0.753. The fraction of sp³-hybridized carbons (Fsp3) is 0.500. The number of carbonyl (C=O) groups excluding carboxylic acids is 1. The molecule has 1 atom stereocenters. The number of benzene rings is 1. The predicted octanol–water partition coefficient (Wildman–Crippen LogP) is 2.42. The molecular weight excluding hydrogens is 232 g/mol. The highest BCUT2D eigenvalue weighted by atomic mass is 16.7. The van der Waals surface area contributed by atoms with Gasteiger partial charge in [0.2, 0.25) is 0 Å². The van der Waals surface area contributed by atoms with Crippen LogP contribution < -0.4 is 4.74 Å². The first-order valence-corrected chi connectivity index (χ1v) is 6.09. The zero-order chi connectivity index (χ0) is 13.0. The number of carbonyl (C=O) groups is 1. The Bertz CT molecular complexity index is 397. The van der Waals surface area contributed by atoms with Crippen molar-refractivity contribution in [1.29, 1.82) is 0 Å². The van der Waals surface area contributed by atoms with Gasteiger partial charge in [-0.25, -0.2) is 0 Å². The van der Waals surface area contributed by atoms with Gasteiger partial charge in [-0.2, -0.15) is 0 Å². The standard InChI is InChI=1S/C14H18O4/c1-14(2)17-10-13(18-14)7-8-16-12-5-3-11(9-15)4-6-12/h3-6,9,13H,7-8,10H2,1-2H3.